The molecule has 0 amide bonds. The van der Waals surface area contributed by atoms with Crippen LogP contribution in [0.15, 0.2) is 35.5 Å². The molecule has 9 nitrogen and oxygen atoms in total. The lowest BCUT2D eigenvalue weighted by Gasteiger charge is -2.14. The van der Waals surface area contributed by atoms with E-state index in [4.69, 9.17) is 5.73 Å². The zero-order valence-corrected chi connectivity index (χ0v) is 15.1. The largest absolute Gasteiger partial charge is 0.368 e. The molecule has 0 spiro atoms. The zero-order valence-electron chi connectivity index (χ0n) is 14.2. The summed E-state index contributed by atoms with van der Waals surface area (Å²) in [7, 11) is 3.72. The van der Waals surface area contributed by atoms with Crippen molar-refractivity contribution in [3.05, 3.63) is 41.7 Å². The van der Waals surface area contributed by atoms with E-state index in [9.17, 15) is 0 Å². The average molecular weight is 357 g/mol. The normalized spacial score (nSPS) is 12.1. The summed E-state index contributed by atoms with van der Waals surface area (Å²) in [6, 6.07) is 10.0. The van der Waals surface area contributed by atoms with Crippen LogP contribution >= 0.6 is 11.8 Å². The SMILES string of the molecule is CC(Sc1nnnn1Cc1ccccc1)c1nc(N)nc(N(C)C)n1. The fourth-order valence-corrected chi connectivity index (χ4v) is 2.96. The first-order valence-electron chi connectivity index (χ1n) is 7.68. The molecule has 0 radical (unpaired) electrons. The van der Waals surface area contributed by atoms with E-state index in [1.807, 2.05) is 51.4 Å². The van der Waals surface area contributed by atoms with E-state index in [-0.39, 0.29) is 11.2 Å². The Morgan fingerprint density at radius 2 is 1.92 bits per heavy atom. The third-order valence-electron chi connectivity index (χ3n) is 3.38. The number of benzene rings is 1. The minimum Gasteiger partial charge on any atom is -0.368 e. The van der Waals surface area contributed by atoms with Gasteiger partial charge in [-0.05, 0) is 22.9 Å². The van der Waals surface area contributed by atoms with Crippen LogP contribution in [0.4, 0.5) is 11.9 Å². The number of hydrogen-bond acceptors (Lipinski definition) is 9. The summed E-state index contributed by atoms with van der Waals surface area (Å²) in [5, 5.41) is 12.6. The lowest BCUT2D eigenvalue weighted by molar-refractivity contribution is 0.602. The number of nitrogen functional groups attached to an aromatic ring is 1. The van der Waals surface area contributed by atoms with E-state index in [1.165, 1.54) is 11.8 Å². The Morgan fingerprint density at radius 3 is 2.64 bits per heavy atom. The number of thioether (sulfide) groups is 1. The number of tetrazole rings is 1. The van der Waals surface area contributed by atoms with Crippen molar-refractivity contribution in [2.75, 3.05) is 24.7 Å². The molecule has 0 saturated carbocycles. The van der Waals surface area contributed by atoms with Crippen LogP contribution in [0.1, 0.15) is 23.6 Å². The lowest BCUT2D eigenvalue weighted by atomic mass is 10.2. The molecule has 0 bridgehead atoms. The van der Waals surface area contributed by atoms with Crippen LogP contribution in [0.2, 0.25) is 0 Å². The minimum atomic E-state index is -0.0791. The van der Waals surface area contributed by atoms with Gasteiger partial charge in [0.2, 0.25) is 17.1 Å². The molecule has 1 aromatic carbocycles. The predicted octanol–water partition coefficient (Wildman–Crippen LogP) is 1.41. The molecule has 0 fully saturated rings. The minimum absolute atomic E-state index is 0.0791. The first kappa shape index (κ1) is 17.1. The molecule has 0 aliphatic rings. The Kier molecular flexibility index (Phi) is 5.08. The van der Waals surface area contributed by atoms with Crippen molar-refractivity contribution in [3.8, 4) is 0 Å². The van der Waals surface area contributed by atoms with Crippen molar-refractivity contribution in [1.29, 1.82) is 0 Å². The Morgan fingerprint density at radius 1 is 1.16 bits per heavy atom. The molecule has 130 valence electrons. The Balaban J connectivity index is 1.78. The molecule has 0 saturated heterocycles. The van der Waals surface area contributed by atoms with Crippen molar-refractivity contribution in [3.63, 3.8) is 0 Å². The summed E-state index contributed by atoms with van der Waals surface area (Å²) in [6.45, 7) is 2.59. The van der Waals surface area contributed by atoms with Crippen molar-refractivity contribution >= 4 is 23.7 Å². The highest BCUT2D eigenvalue weighted by Crippen LogP contribution is 2.32. The number of aromatic nitrogens is 7. The van der Waals surface area contributed by atoms with E-state index in [0.29, 0.717) is 23.5 Å². The third-order valence-corrected chi connectivity index (χ3v) is 4.45. The molecular formula is C15H19N9S. The summed E-state index contributed by atoms with van der Waals surface area (Å²) in [5.41, 5.74) is 6.93. The molecule has 0 aliphatic carbocycles. The molecular weight excluding hydrogens is 338 g/mol. The maximum atomic E-state index is 5.80. The van der Waals surface area contributed by atoms with Crippen LogP contribution in [0.5, 0.6) is 0 Å². The van der Waals surface area contributed by atoms with Crippen LogP contribution in [0.25, 0.3) is 0 Å². The van der Waals surface area contributed by atoms with Gasteiger partial charge in [-0.1, -0.05) is 42.1 Å². The number of hydrogen-bond donors (Lipinski definition) is 1. The van der Waals surface area contributed by atoms with Crippen LogP contribution in [0.3, 0.4) is 0 Å². The summed E-state index contributed by atoms with van der Waals surface area (Å²) < 4.78 is 1.76. The van der Waals surface area contributed by atoms with E-state index in [2.05, 4.69) is 30.5 Å². The number of anilines is 2. The van der Waals surface area contributed by atoms with Gasteiger partial charge in [0.15, 0.2) is 0 Å². The molecule has 3 rings (SSSR count). The summed E-state index contributed by atoms with van der Waals surface area (Å²) in [6.07, 6.45) is 0. The Bertz CT molecular complexity index is 834. The highest BCUT2D eigenvalue weighted by atomic mass is 32.2. The molecule has 25 heavy (non-hydrogen) atoms. The van der Waals surface area contributed by atoms with Gasteiger partial charge in [-0.2, -0.15) is 15.0 Å². The zero-order chi connectivity index (χ0) is 17.8. The van der Waals surface area contributed by atoms with E-state index in [1.54, 1.807) is 9.58 Å². The van der Waals surface area contributed by atoms with Gasteiger partial charge in [0.1, 0.15) is 5.82 Å². The lowest BCUT2D eigenvalue weighted by Crippen LogP contribution is -2.16. The van der Waals surface area contributed by atoms with Gasteiger partial charge >= 0.3 is 0 Å². The second-order valence-electron chi connectivity index (χ2n) is 5.61. The molecule has 2 aromatic heterocycles. The first-order valence-corrected chi connectivity index (χ1v) is 8.56. The molecule has 2 N–H and O–H groups in total. The fourth-order valence-electron chi connectivity index (χ4n) is 2.13. The molecule has 0 aliphatic heterocycles. The van der Waals surface area contributed by atoms with Gasteiger partial charge < -0.3 is 10.6 Å². The third kappa shape index (κ3) is 4.21. The van der Waals surface area contributed by atoms with Crippen LogP contribution in [-0.4, -0.2) is 49.3 Å². The standard InChI is InChI=1S/C15H19N9S/c1-10(12-17-13(16)19-14(18-12)23(2)3)25-15-20-21-22-24(15)9-11-7-5-4-6-8-11/h4-8,10H,9H2,1-3H3,(H2,16,17,18,19). The van der Waals surface area contributed by atoms with E-state index >= 15 is 0 Å². The Hall–Kier alpha value is -2.75. The topological polar surface area (TPSA) is 112 Å². The van der Waals surface area contributed by atoms with Gasteiger partial charge in [0.05, 0.1) is 11.8 Å². The first-order chi connectivity index (χ1) is 12.0. The van der Waals surface area contributed by atoms with Crippen LogP contribution in [-0.2, 0) is 6.54 Å². The number of rotatable bonds is 6. The Labute approximate surface area is 149 Å². The van der Waals surface area contributed by atoms with Gasteiger partial charge in [-0.3, -0.25) is 0 Å². The van der Waals surface area contributed by atoms with E-state index < -0.39 is 0 Å². The maximum absolute atomic E-state index is 5.80. The van der Waals surface area contributed by atoms with Crippen molar-refractivity contribution in [2.45, 2.75) is 23.9 Å². The molecule has 3 aromatic rings. The summed E-state index contributed by atoms with van der Waals surface area (Å²) in [4.78, 5) is 14.6. The summed E-state index contributed by atoms with van der Waals surface area (Å²) >= 11 is 1.48. The molecule has 2 heterocycles. The highest BCUT2D eigenvalue weighted by Gasteiger charge is 2.18. The van der Waals surface area contributed by atoms with Crippen molar-refractivity contribution in [1.82, 2.24) is 35.2 Å². The van der Waals surface area contributed by atoms with Gasteiger partial charge in [-0.15, -0.1) is 5.10 Å². The smallest absolute Gasteiger partial charge is 0.229 e. The second-order valence-corrected chi connectivity index (χ2v) is 6.92. The monoisotopic (exact) mass is 357 g/mol. The maximum Gasteiger partial charge on any atom is 0.229 e. The van der Waals surface area contributed by atoms with E-state index in [0.717, 1.165) is 5.56 Å². The second kappa shape index (κ2) is 7.43. The van der Waals surface area contributed by atoms with Crippen LogP contribution in [0, 0.1) is 0 Å². The molecule has 10 heteroatoms. The predicted molar refractivity (Wildman–Crippen MR) is 96.2 cm³/mol. The van der Waals surface area contributed by atoms with Gasteiger partial charge in [-0.25, -0.2) is 4.68 Å². The quantitative estimate of drug-likeness (QED) is 0.654. The van der Waals surface area contributed by atoms with Crippen LogP contribution < -0.4 is 10.6 Å². The number of nitrogens with zero attached hydrogens (tertiary/aromatic N) is 8. The summed E-state index contributed by atoms with van der Waals surface area (Å²) in [5.74, 6) is 1.32. The van der Waals surface area contributed by atoms with Gasteiger partial charge in [0, 0.05) is 14.1 Å². The van der Waals surface area contributed by atoms with Gasteiger partial charge in [0.25, 0.3) is 0 Å². The number of nitrogens with two attached hydrogens (primary N) is 1. The fraction of sp³-hybridized carbons (Fsp3) is 0.333. The average Bonchev–Trinajstić information content (AvgIpc) is 3.02. The molecule has 1 unspecified atom stereocenters. The van der Waals surface area contributed by atoms with Crippen molar-refractivity contribution < 1.29 is 0 Å². The van der Waals surface area contributed by atoms with Crippen molar-refractivity contribution in [2.24, 2.45) is 0 Å². The highest BCUT2D eigenvalue weighted by molar-refractivity contribution is 7.99. The molecule has 1 atom stereocenters.